The first-order chi connectivity index (χ1) is 11.9. The van der Waals surface area contributed by atoms with Gasteiger partial charge in [0.2, 0.25) is 5.91 Å². The molecule has 0 aromatic heterocycles. The molecule has 6 nitrogen and oxygen atoms in total. The minimum absolute atomic E-state index is 0. The summed E-state index contributed by atoms with van der Waals surface area (Å²) in [7, 11) is 0. The van der Waals surface area contributed by atoms with Crippen LogP contribution in [0, 0.1) is 6.92 Å². The molecule has 26 heavy (non-hydrogen) atoms. The maximum Gasteiger partial charge on any atom is 0.246 e. The molecule has 0 radical (unpaired) electrons. The van der Waals surface area contributed by atoms with E-state index in [0.717, 1.165) is 41.7 Å². The van der Waals surface area contributed by atoms with Gasteiger partial charge in [0, 0.05) is 29.9 Å². The Labute approximate surface area is 181 Å². The average molecular weight is 539 g/mol. The van der Waals surface area contributed by atoms with Gasteiger partial charge < -0.3 is 20.7 Å². The number of aryl methyl sites for hydroxylation is 1. The predicted molar refractivity (Wildman–Crippen MR) is 120 cm³/mol. The van der Waals surface area contributed by atoms with E-state index in [-0.39, 0.29) is 42.0 Å². The SMILES string of the molecule is CCNC(=NCC(=O)Nc1cc(Br)ccc1C)NCC1(C)CCCO1.I. The van der Waals surface area contributed by atoms with Crippen LogP contribution in [0.2, 0.25) is 0 Å². The second-order valence-electron chi connectivity index (χ2n) is 6.46. The van der Waals surface area contributed by atoms with Gasteiger partial charge in [-0.2, -0.15) is 0 Å². The van der Waals surface area contributed by atoms with Crippen LogP contribution >= 0.6 is 39.9 Å². The highest BCUT2D eigenvalue weighted by Crippen LogP contribution is 2.23. The number of nitrogens with one attached hydrogen (secondary N) is 3. The second kappa shape index (κ2) is 11.1. The van der Waals surface area contributed by atoms with Crippen molar-refractivity contribution >= 4 is 57.5 Å². The lowest BCUT2D eigenvalue weighted by atomic mass is 10.0. The van der Waals surface area contributed by atoms with Gasteiger partial charge in [0.25, 0.3) is 0 Å². The molecule has 1 heterocycles. The summed E-state index contributed by atoms with van der Waals surface area (Å²) in [5.41, 5.74) is 1.64. The molecule has 1 aliphatic heterocycles. The Balaban J connectivity index is 0.00000338. The molecule has 1 aromatic carbocycles. The fraction of sp³-hybridized carbons (Fsp3) is 0.556. The molecule has 8 heteroatoms. The number of ether oxygens (including phenoxy) is 1. The van der Waals surface area contributed by atoms with E-state index in [1.165, 1.54) is 0 Å². The summed E-state index contributed by atoms with van der Waals surface area (Å²) >= 11 is 3.42. The van der Waals surface area contributed by atoms with Crippen LogP contribution in [0.5, 0.6) is 0 Å². The largest absolute Gasteiger partial charge is 0.373 e. The number of aliphatic imine (C=N–C) groups is 1. The summed E-state index contributed by atoms with van der Waals surface area (Å²) in [5, 5.41) is 9.33. The van der Waals surface area contributed by atoms with E-state index < -0.39 is 0 Å². The van der Waals surface area contributed by atoms with E-state index >= 15 is 0 Å². The van der Waals surface area contributed by atoms with Crippen molar-refractivity contribution < 1.29 is 9.53 Å². The minimum atomic E-state index is -0.161. The smallest absolute Gasteiger partial charge is 0.246 e. The van der Waals surface area contributed by atoms with Crippen molar-refractivity contribution in [2.45, 2.75) is 39.2 Å². The van der Waals surface area contributed by atoms with Gasteiger partial charge in [-0.15, -0.1) is 24.0 Å². The fourth-order valence-corrected chi connectivity index (χ4v) is 3.02. The molecule has 3 N–H and O–H groups in total. The third kappa shape index (κ3) is 7.40. The Morgan fingerprint density at radius 1 is 1.38 bits per heavy atom. The van der Waals surface area contributed by atoms with Gasteiger partial charge in [0.1, 0.15) is 6.54 Å². The Kier molecular flexibility index (Phi) is 9.88. The van der Waals surface area contributed by atoms with Crippen LogP contribution in [0.15, 0.2) is 27.7 Å². The van der Waals surface area contributed by atoms with E-state index in [2.05, 4.69) is 43.8 Å². The molecule has 0 aliphatic carbocycles. The predicted octanol–water partition coefficient (Wildman–Crippen LogP) is 3.44. The monoisotopic (exact) mass is 538 g/mol. The summed E-state index contributed by atoms with van der Waals surface area (Å²) < 4.78 is 6.70. The van der Waals surface area contributed by atoms with E-state index in [0.29, 0.717) is 12.5 Å². The third-order valence-corrected chi connectivity index (χ3v) is 4.62. The first-order valence-electron chi connectivity index (χ1n) is 8.64. The van der Waals surface area contributed by atoms with Crippen molar-refractivity contribution in [3.05, 3.63) is 28.2 Å². The molecule has 1 unspecified atom stereocenters. The summed E-state index contributed by atoms with van der Waals surface area (Å²) in [6.07, 6.45) is 2.11. The van der Waals surface area contributed by atoms with Crippen LogP contribution in [-0.2, 0) is 9.53 Å². The molecule has 1 atom stereocenters. The number of anilines is 1. The molecule has 2 rings (SSSR count). The van der Waals surface area contributed by atoms with Gasteiger partial charge in [0.05, 0.1) is 5.60 Å². The van der Waals surface area contributed by atoms with Crippen LogP contribution in [0.25, 0.3) is 0 Å². The van der Waals surface area contributed by atoms with Crippen molar-refractivity contribution in [2.75, 3.05) is 31.6 Å². The molecule has 0 saturated carbocycles. The number of carbonyl (C=O) groups excluding carboxylic acids is 1. The van der Waals surface area contributed by atoms with Crippen molar-refractivity contribution in [3.63, 3.8) is 0 Å². The maximum atomic E-state index is 12.2. The van der Waals surface area contributed by atoms with E-state index in [9.17, 15) is 4.79 Å². The number of guanidine groups is 1. The van der Waals surface area contributed by atoms with Gasteiger partial charge in [-0.1, -0.05) is 22.0 Å². The minimum Gasteiger partial charge on any atom is -0.373 e. The Morgan fingerprint density at radius 3 is 2.81 bits per heavy atom. The lowest BCUT2D eigenvalue weighted by Crippen LogP contribution is -2.45. The van der Waals surface area contributed by atoms with E-state index in [1.807, 2.05) is 32.0 Å². The number of amides is 1. The molecule has 0 bridgehead atoms. The van der Waals surface area contributed by atoms with Crippen LogP contribution in [0.3, 0.4) is 0 Å². The number of hydrogen-bond acceptors (Lipinski definition) is 3. The molecular formula is C18H28BrIN4O2. The summed E-state index contributed by atoms with van der Waals surface area (Å²) in [6, 6.07) is 5.79. The first-order valence-corrected chi connectivity index (χ1v) is 9.43. The quantitative estimate of drug-likeness (QED) is 0.295. The number of nitrogens with zero attached hydrogens (tertiary/aromatic N) is 1. The Bertz CT molecular complexity index is 634. The van der Waals surface area contributed by atoms with Gasteiger partial charge in [-0.05, 0) is 51.3 Å². The van der Waals surface area contributed by atoms with Crippen molar-refractivity contribution in [2.24, 2.45) is 4.99 Å². The number of carbonyl (C=O) groups is 1. The van der Waals surface area contributed by atoms with Gasteiger partial charge >= 0.3 is 0 Å². The highest BCUT2D eigenvalue weighted by atomic mass is 127. The lowest BCUT2D eigenvalue weighted by Gasteiger charge is -2.24. The lowest BCUT2D eigenvalue weighted by molar-refractivity contribution is -0.114. The van der Waals surface area contributed by atoms with Crippen molar-refractivity contribution in [1.29, 1.82) is 0 Å². The molecule has 0 spiro atoms. The van der Waals surface area contributed by atoms with Crippen LogP contribution in [0.4, 0.5) is 5.69 Å². The van der Waals surface area contributed by atoms with Crippen LogP contribution in [0.1, 0.15) is 32.3 Å². The zero-order valence-corrected chi connectivity index (χ0v) is 19.4. The summed E-state index contributed by atoms with van der Waals surface area (Å²) in [4.78, 5) is 16.6. The molecular weight excluding hydrogens is 511 g/mol. The molecule has 1 fully saturated rings. The number of halogens is 2. The van der Waals surface area contributed by atoms with Crippen LogP contribution in [-0.4, -0.2) is 43.7 Å². The van der Waals surface area contributed by atoms with Crippen molar-refractivity contribution in [1.82, 2.24) is 10.6 Å². The third-order valence-electron chi connectivity index (χ3n) is 4.13. The van der Waals surface area contributed by atoms with E-state index in [1.54, 1.807) is 0 Å². The van der Waals surface area contributed by atoms with Gasteiger partial charge in [-0.25, -0.2) is 4.99 Å². The molecule has 1 aliphatic rings. The number of hydrogen-bond donors (Lipinski definition) is 3. The molecule has 1 amide bonds. The first kappa shape index (κ1) is 23.2. The summed E-state index contributed by atoms with van der Waals surface area (Å²) in [6.45, 7) is 8.31. The molecule has 1 saturated heterocycles. The average Bonchev–Trinajstić information content (AvgIpc) is 3.00. The highest BCUT2D eigenvalue weighted by Gasteiger charge is 2.29. The van der Waals surface area contributed by atoms with E-state index in [4.69, 9.17) is 4.74 Å². The number of benzene rings is 1. The standard InChI is InChI=1S/C18H27BrN4O2.HI/c1-4-20-17(22-12-18(3)8-5-9-25-18)21-11-16(24)23-15-10-14(19)7-6-13(15)2;/h6-7,10H,4-5,8-9,11-12H2,1-3H3,(H,23,24)(H2,20,21,22);1H. The second-order valence-corrected chi connectivity index (χ2v) is 7.37. The Hall–Kier alpha value is -0.870. The van der Waals surface area contributed by atoms with Crippen LogP contribution < -0.4 is 16.0 Å². The Morgan fingerprint density at radius 2 is 2.15 bits per heavy atom. The van der Waals surface area contributed by atoms with Crippen molar-refractivity contribution in [3.8, 4) is 0 Å². The zero-order valence-electron chi connectivity index (χ0n) is 15.5. The molecule has 146 valence electrons. The zero-order chi connectivity index (χ0) is 18.3. The van der Waals surface area contributed by atoms with Gasteiger partial charge in [-0.3, -0.25) is 4.79 Å². The number of rotatable bonds is 6. The maximum absolute atomic E-state index is 12.2. The fourth-order valence-electron chi connectivity index (χ4n) is 2.66. The molecule has 1 aromatic rings. The summed E-state index contributed by atoms with van der Waals surface area (Å²) in [5.74, 6) is 0.474. The van der Waals surface area contributed by atoms with Gasteiger partial charge in [0.15, 0.2) is 5.96 Å². The highest BCUT2D eigenvalue weighted by molar-refractivity contribution is 14.0. The topological polar surface area (TPSA) is 74.8 Å². The normalized spacial score (nSPS) is 19.6.